The molecule has 0 rings (SSSR count). The Bertz CT molecular complexity index is 649. The van der Waals surface area contributed by atoms with Gasteiger partial charge in [0.2, 0.25) is 11.8 Å². The van der Waals surface area contributed by atoms with E-state index in [1.54, 1.807) is 0 Å². The zero-order chi connectivity index (χ0) is 32.4. The molecule has 0 saturated carbocycles. The highest BCUT2D eigenvalue weighted by Crippen LogP contribution is 2.13. The summed E-state index contributed by atoms with van der Waals surface area (Å²) < 4.78 is 0. The van der Waals surface area contributed by atoms with Crippen LogP contribution in [0.15, 0.2) is 12.2 Å². The maximum Gasteiger partial charge on any atom is 0.243 e. The van der Waals surface area contributed by atoms with Gasteiger partial charge < -0.3 is 15.5 Å². The van der Waals surface area contributed by atoms with Crippen molar-refractivity contribution in [1.82, 2.24) is 15.5 Å². The van der Waals surface area contributed by atoms with Crippen molar-refractivity contribution in [3.63, 3.8) is 0 Å². The minimum Gasteiger partial charge on any atom is -0.354 e. The van der Waals surface area contributed by atoms with E-state index >= 15 is 0 Å². The first-order valence-electron chi connectivity index (χ1n) is 19.4. The third-order valence-electron chi connectivity index (χ3n) is 8.69. The first-order valence-corrected chi connectivity index (χ1v) is 19.4. The normalized spacial score (nSPS) is 12.3. The quantitative estimate of drug-likeness (QED) is 0.0556. The van der Waals surface area contributed by atoms with Gasteiger partial charge >= 0.3 is 0 Å². The number of amides is 2. The molecule has 0 spiro atoms. The van der Waals surface area contributed by atoms with Crippen LogP contribution in [0.2, 0.25) is 0 Å². The molecule has 0 aromatic rings. The minimum atomic E-state index is -0.479. The maximum atomic E-state index is 12.8. The average molecular weight is 620 g/mol. The van der Waals surface area contributed by atoms with Crippen LogP contribution in [0.1, 0.15) is 194 Å². The number of likely N-dealkylation sites (N-methyl/N-ethyl adjacent to an activating group) is 1. The predicted octanol–water partition coefficient (Wildman–Crippen LogP) is 10.7. The van der Waals surface area contributed by atoms with Crippen LogP contribution in [-0.4, -0.2) is 49.9 Å². The lowest BCUT2D eigenvalue weighted by Crippen LogP contribution is -2.51. The summed E-state index contributed by atoms with van der Waals surface area (Å²) in [6.45, 7) is 5.78. The van der Waals surface area contributed by atoms with E-state index in [0.717, 1.165) is 25.7 Å². The molecular formula is C39H77N3O2. The lowest BCUT2D eigenvalue weighted by molar-refractivity contribution is -0.129. The lowest BCUT2D eigenvalue weighted by atomic mass is 10.0. The van der Waals surface area contributed by atoms with Gasteiger partial charge in [-0.15, -0.1) is 0 Å². The fraction of sp³-hybridized carbons (Fsp3) is 0.897. The summed E-state index contributed by atoms with van der Waals surface area (Å²) in [5.41, 5.74) is 0. The molecule has 0 fully saturated rings. The number of nitrogens with one attached hydrogen (secondary N) is 2. The Morgan fingerprint density at radius 2 is 0.932 bits per heavy atom. The second kappa shape index (κ2) is 34.5. The summed E-state index contributed by atoms with van der Waals surface area (Å²) in [6.07, 6.45) is 40.1. The maximum absolute atomic E-state index is 12.8. The second-order valence-corrected chi connectivity index (χ2v) is 13.6. The zero-order valence-corrected chi connectivity index (χ0v) is 30.2. The van der Waals surface area contributed by atoms with Gasteiger partial charge in [-0.25, -0.2) is 0 Å². The van der Waals surface area contributed by atoms with Crippen LogP contribution < -0.4 is 10.6 Å². The SMILES string of the molecule is CCCCCCCC/C=C/CCCCCCCC(=O)NC(CN(C)C)C(=O)NCCCCCCCCCCCCCCCC. The van der Waals surface area contributed by atoms with Crippen molar-refractivity contribution >= 4 is 11.8 Å². The van der Waals surface area contributed by atoms with E-state index < -0.39 is 6.04 Å². The molecule has 260 valence electrons. The van der Waals surface area contributed by atoms with Crippen molar-refractivity contribution in [2.45, 2.75) is 200 Å². The summed E-state index contributed by atoms with van der Waals surface area (Å²) in [5, 5.41) is 6.07. The standard InChI is InChI=1S/C39H77N3O2/c1-5-7-9-11-13-15-17-19-21-22-24-26-28-30-32-34-38(43)41-37(36-42(3)4)39(44)40-35-33-31-29-27-25-23-20-18-16-14-12-10-8-6-2/h19,21,37H,5-18,20,22-36H2,1-4H3,(H,40,44)(H,41,43)/b21-19+. The molecule has 0 aromatic carbocycles. The summed E-state index contributed by atoms with van der Waals surface area (Å²) in [5.74, 6) is -0.0487. The van der Waals surface area contributed by atoms with Crippen LogP contribution >= 0.6 is 0 Å². The van der Waals surface area contributed by atoms with Gasteiger partial charge in [0, 0.05) is 19.5 Å². The van der Waals surface area contributed by atoms with E-state index in [1.807, 2.05) is 19.0 Å². The Balaban J connectivity index is 3.78. The topological polar surface area (TPSA) is 61.4 Å². The van der Waals surface area contributed by atoms with E-state index in [2.05, 4.69) is 36.6 Å². The molecule has 1 unspecified atom stereocenters. The smallest absolute Gasteiger partial charge is 0.243 e. The third kappa shape index (κ3) is 32.0. The number of carbonyl (C=O) groups excluding carboxylic acids is 2. The average Bonchev–Trinajstić information content (AvgIpc) is 3.00. The first-order chi connectivity index (χ1) is 21.5. The molecule has 5 nitrogen and oxygen atoms in total. The molecule has 0 radical (unpaired) electrons. The number of unbranched alkanes of at least 4 members (excludes halogenated alkanes) is 24. The largest absolute Gasteiger partial charge is 0.354 e. The van der Waals surface area contributed by atoms with Gasteiger partial charge in [0.25, 0.3) is 0 Å². The summed E-state index contributed by atoms with van der Waals surface area (Å²) >= 11 is 0. The van der Waals surface area contributed by atoms with Gasteiger partial charge in [-0.2, -0.15) is 0 Å². The summed E-state index contributed by atoms with van der Waals surface area (Å²) in [4.78, 5) is 27.3. The van der Waals surface area contributed by atoms with E-state index in [9.17, 15) is 9.59 Å². The summed E-state index contributed by atoms with van der Waals surface area (Å²) in [7, 11) is 3.90. The Morgan fingerprint density at radius 3 is 1.36 bits per heavy atom. The number of rotatable bonds is 34. The second-order valence-electron chi connectivity index (χ2n) is 13.6. The van der Waals surface area contributed by atoms with Gasteiger partial charge in [-0.05, 0) is 52.6 Å². The molecule has 2 amide bonds. The van der Waals surface area contributed by atoms with Gasteiger partial charge in [0.15, 0.2) is 0 Å². The summed E-state index contributed by atoms with van der Waals surface area (Å²) in [6, 6.07) is -0.479. The Morgan fingerprint density at radius 1 is 0.545 bits per heavy atom. The van der Waals surface area contributed by atoms with Crippen LogP contribution in [0.3, 0.4) is 0 Å². The highest BCUT2D eigenvalue weighted by atomic mass is 16.2. The van der Waals surface area contributed by atoms with Crippen molar-refractivity contribution in [1.29, 1.82) is 0 Å². The monoisotopic (exact) mass is 620 g/mol. The Kier molecular flexibility index (Phi) is 33.4. The fourth-order valence-electron chi connectivity index (χ4n) is 5.84. The van der Waals surface area contributed by atoms with Crippen LogP contribution in [0.25, 0.3) is 0 Å². The van der Waals surface area contributed by atoms with E-state index in [1.165, 1.54) is 148 Å². The molecular weight excluding hydrogens is 542 g/mol. The molecule has 0 heterocycles. The van der Waals surface area contributed by atoms with Crippen molar-refractivity contribution in [3.8, 4) is 0 Å². The van der Waals surface area contributed by atoms with Crippen LogP contribution in [-0.2, 0) is 9.59 Å². The molecule has 0 aliphatic carbocycles. The van der Waals surface area contributed by atoms with E-state index in [4.69, 9.17) is 0 Å². The Labute approximate surface area is 275 Å². The predicted molar refractivity (Wildman–Crippen MR) is 193 cm³/mol. The lowest BCUT2D eigenvalue weighted by Gasteiger charge is -2.22. The van der Waals surface area contributed by atoms with E-state index in [-0.39, 0.29) is 11.8 Å². The molecule has 0 saturated heterocycles. The minimum absolute atomic E-state index is 0.00104. The molecule has 44 heavy (non-hydrogen) atoms. The molecule has 5 heteroatoms. The number of allylic oxidation sites excluding steroid dienone is 2. The van der Waals surface area contributed by atoms with Crippen molar-refractivity contribution in [2.75, 3.05) is 27.2 Å². The van der Waals surface area contributed by atoms with Crippen molar-refractivity contribution in [2.24, 2.45) is 0 Å². The molecule has 1 atom stereocenters. The Hall–Kier alpha value is -1.36. The highest BCUT2D eigenvalue weighted by molar-refractivity contribution is 5.87. The van der Waals surface area contributed by atoms with Crippen LogP contribution in [0.5, 0.6) is 0 Å². The van der Waals surface area contributed by atoms with Gasteiger partial charge in [-0.3, -0.25) is 9.59 Å². The fourth-order valence-corrected chi connectivity index (χ4v) is 5.84. The number of hydrogen-bond donors (Lipinski definition) is 2. The zero-order valence-electron chi connectivity index (χ0n) is 30.2. The molecule has 0 aliphatic rings. The van der Waals surface area contributed by atoms with Gasteiger partial charge in [-0.1, -0.05) is 161 Å². The molecule has 0 bridgehead atoms. The molecule has 0 aromatic heterocycles. The number of carbonyl (C=O) groups is 2. The van der Waals surface area contributed by atoms with Crippen LogP contribution in [0.4, 0.5) is 0 Å². The van der Waals surface area contributed by atoms with Crippen molar-refractivity contribution in [3.05, 3.63) is 12.2 Å². The van der Waals surface area contributed by atoms with Crippen molar-refractivity contribution < 1.29 is 9.59 Å². The number of hydrogen-bond acceptors (Lipinski definition) is 3. The van der Waals surface area contributed by atoms with Crippen LogP contribution in [0, 0.1) is 0 Å². The number of nitrogens with zero attached hydrogens (tertiary/aromatic N) is 1. The first kappa shape index (κ1) is 42.6. The van der Waals surface area contributed by atoms with Gasteiger partial charge in [0.05, 0.1) is 0 Å². The third-order valence-corrected chi connectivity index (χ3v) is 8.69. The highest BCUT2D eigenvalue weighted by Gasteiger charge is 2.20. The molecule has 0 aliphatic heterocycles. The van der Waals surface area contributed by atoms with Gasteiger partial charge in [0.1, 0.15) is 6.04 Å². The molecule has 2 N–H and O–H groups in total. The van der Waals surface area contributed by atoms with E-state index in [0.29, 0.717) is 19.5 Å².